The van der Waals surface area contributed by atoms with E-state index in [0.29, 0.717) is 0 Å². The summed E-state index contributed by atoms with van der Waals surface area (Å²) in [5, 5.41) is 0. The summed E-state index contributed by atoms with van der Waals surface area (Å²) in [5.74, 6) is 0. The van der Waals surface area contributed by atoms with Crippen molar-refractivity contribution in [2.45, 2.75) is 20.0 Å². The van der Waals surface area contributed by atoms with Gasteiger partial charge in [-0.25, -0.2) is 0 Å². The zero-order chi connectivity index (χ0) is 10.6. The van der Waals surface area contributed by atoms with E-state index in [4.69, 9.17) is 4.52 Å². The molecule has 4 heteroatoms. The Labute approximate surface area is 84.3 Å². The average molecular weight is 214 g/mol. The van der Waals surface area contributed by atoms with Crippen LogP contribution in [-0.2, 0) is 15.3 Å². The molecule has 0 aromatic heterocycles. The molecule has 0 heterocycles. The summed E-state index contributed by atoms with van der Waals surface area (Å²) in [5.41, 5.74) is 1.88. The van der Waals surface area contributed by atoms with Crippen LogP contribution in [0, 0.1) is 6.92 Å². The molecular formula is C10H15O3P. The van der Waals surface area contributed by atoms with Crippen molar-refractivity contribution in [1.82, 2.24) is 0 Å². The molecule has 3 nitrogen and oxygen atoms in total. The van der Waals surface area contributed by atoms with Crippen LogP contribution < -0.4 is 0 Å². The molecule has 0 bridgehead atoms. The minimum absolute atomic E-state index is 0.0908. The fraction of sp³-hybridized carbons (Fsp3) is 0.400. The Bertz CT molecular complexity index is 349. The second-order valence-electron chi connectivity index (χ2n) is 3.14. The summed E-state index contributed by atoms with van der Waals surface area (Å²) < 4.78 is 16.3. The van der Waals surface area contributed by atoms with Gasteiger partial charge in [-0.05, 0) is 25.0 Å². The lowest BCUT2D eigenvalue weighted by molar-refractivity contribution is 0.272. The van der Waals surface area contributed by atoms with Gasteiger partial charge in [-0.15, -0.1) is 0 Å². The predicted molar refractivity (Wildman–Crippen MR) is 56.3 cm³/mol. The molecule has 0 amide bonds. The molecule has 0 saturated heterocycles. The normalized spacial score (nSPS) is 15.1. The van der Waals surface area contributed by atoms with Crippen molar-refractivity contribution < 1.29 is 14.0 Å². The van der Waals surface area contributed by atoms with Gasteiger partial charge in [0, 0.05) is 0 Å². The Hall–Kier alpha value is -0.630. The summed E-state index contributed by atoms with van der Waals surface area (Å²) in [6.45, 7) is 3.89. The maximum Gasteiger partial charge on any atom is 0.332 e. The van der Waals surface area contributed by atoms with Crippen LogP contribution in [0.25, 0.3) is 0 Å². The van der Waals surface area contributed by atoms with Crippen molar-refractivity contribution in [3.8, 4) is 0 Å². The highest BCUT2D eigenvalue weighted by Gasteiger charge is 2.19. The van der Waals surface area contributed by atoms with E-state index in [2.05, 4.69) is 0 Å². The molecule has 0 fully saturated rings. The molecule has 1 aromatic rings. The van der Waals surface area contributed by atoms with Crippen LogP contribution in [0.2, 0.25) is 0 Å². The van der Waals surface area contributed by atoms with E-state index >= 15 is 0 Å². The van der Waals surface area contributed by atoms with Crippen LogP contribution in [0.15, 0.2) is 24.3 Å². The minimum Gasteiger partial charge on any atom is -0.324 e. The van der Waals surface area contributed by atoms with Crippen LogP contribution in [0.5, 0.6) is 0 Å². The first-order valence-electron chi connectivity index (χ1n) is 4.56. The van der Waals surface area contributed by atoms with E-state index in [1.54, 1.807) is 6.92 Å². The second kappa shape index (κ2) is 4.74. The molecule has 0 aliphatic carbocycles. The number of benzene rings is 1. The lowest BCUT2D eigenvalue weighted by Gasteiger charge is -2.11. The Morgan fingerprint density at radius 1 is 1.43 bits per heavy atom. The Kier molecular flexibility index (Phi) is 3.87. The van der Waals surface area contributed by atoms with E-state index in [1.165, 1.54) is 0 Å². The smallest absolute Gasteiger partial charge is 0.324 e. The van der Waals surface area contributed by atoms with Gasteiger partial charge in [-0.2, -0.15) is 0 Å². The summed E-state index contributed by atoms with van der Waals surface area (Å²) in [6, 6.07) is 7.52. The zero-order valence-electron chi connectivity index (χ0n) is 8.43. The van der Waals surface area contributed by atoms with Crippen molar-refractivity contribution in [3.63, 3.8) is 0 Å². The fourth-order valence-corrected chi connectivity index (χ4v) is 2.53. The molecule has 0 radical (unpaired) electrons. The second-order valence-corrected chi connectivity index (χ2v) is 4.99. The highest BCUT2D eigenvalue weighted by Crippen LogP contribution is 2.45. The van der Waals surface area contributed by atoms with E-state index in [0.717, 1.165) is 11.1 Å². The number of hydrogen-bond acceptors (Lipinski definition) is 2. The van der Waals surface area contributed by atoms with E-state index in [-0.39, 0.29) is 12.8 Å². The Morgan fingerprint density at radius 2 is 2.07 bits per heavy atom. The molecule has 0 spiro atoms. The Morgan fingerprint density at radius 3 is 2.64 bits per heavy atom. The van der Waals surface area contributed by atoms with Gasteiger partial charge in [0.25, 0.3) is 0 Å². The van der Waals surface area contributed by atoms with Crippen LogP contribution in [0.3, 0.4) is 0 Å². The van der Waals surface area contributed by atoms with E-state index < -0.39 is 7.60 Å². The molecule has 14 heavy (non-hydrogen) atoms. The van der Waals surface area contributed by atoms with E-state index in [9.17, 15) is 9.46 Å². The SMILES string of the molecule is CCOP(=O)(O)Cc1ccccc1C. The minimum atomic E-state index is -3.44. The third-order valence-electron chi connectivity index (χ3n) is 1.96. The predicted octanol–water partition coefficient (Wildman–Crippen LogP) is 2.72. The third kappa shape index (κ3) is 3.26. The maximum atomic E-state index is 11.5. The van der Waals surface area contributed by atoms with Gasteiger partial charge in [-0.3, -0.25) is 4.57 Å². The van der Waals surface area contributed by atoms with Crippen molar-refractivity contribution in [3.05, 3.63) is 35.4 Å². The topological polar surface area (TPSA) is 46.5 Å². The van der Waals surface area contributed by atoms with Crippen LogP contribution in [-0.4, -0.2) is 11.5 Å². The molecule has 78 valence electrons. The molecule has 1 N–H and O–H groups in total. The van der Waals surface area contributed by atoms with Gasteiger partial charge in [-0.1, -0.05) is 24.3 Å². The fourth-order valence-electron chi connectivity index (χ4n) is 1.25. The van der Waals surface area contributed by atoms with Crippen molar-refractivity contribution >= 4 is 7.60 Å². The van der Waals surface area contributed by atoms with Crippen LogP contribution in [0.1, 0.15) is 18.1 Å². The quantitative estimate of drug-likeness (QED) is 0.784. The van der Waals surface area contributed by atoms with Crippen molar-refractivity contribution in [2.24, 2.45) is 0 Å². The summed E-state index contributed by atoms with van der Waals surface area (Å²) in [4.78, 5) is 9.43. The van der Waals surface area contributed by atoms with Crippen LogP contribution in [0.4, 0.5) is 0 Å². The molecule has 1 unspecified atom stereocenters. The van der Waals surface area contributed by atoms with Crippen molar-refractivity contribution in [1.29, 1.82) is 0 Å². The maximum absolute atomic E-state index is 11.5. The highest BCUT2D eigenvalue weighted by atomic mass is 31.2. The highest BCUT2D eigenvalue weighted by molar-refractivity contribution is 7.51. The lowest BCUT2D eigenvalue weighted by atomic mass is 10.1. The molecule has 1 aromatic carbocycles. The van der Waals surface area contributed by atoms with Gasteiger partial charge in [0.1, 0.15) is 0 Å². The van der Waals surface area contributed by atoms with Gasteiger partial charge in [0.2, 0.25) is 0 Å². The lowest BCUT2D eigenvalue weighted by Crippen LogP contribution is -1.95. The van der Waals surface area contributed by atoms with E-state index in [1.807, 2.05) is 31.2 Å². The van der Waals surface area contributed by atoms with Gasteiger partial charge in [0.05, 0.1) is 12.8 Å². The zero-order valence-corrected chi connectivity index (χ0v) is 9.33. The average Bonchev–Trinajstić information content (AvgIpc) is 2.08. The first-order valence-corrected chi connectivity index (χ1v) is 6.32. The molecule has 0 aliphatic rings. The number of aryl methyl sites for hydroxylation is 1. The van der Waals surface area contributed by atoms with Gasteiger partial charge >= 0.3 is 7.60 Å². The molecule has 1 rings (SSSR count). The number of rotatable bonds is 4. The monoisotopic (exact) mass is 214 g/mol. The molecule has 1 atom stereocenters. The largest absolute Gasteiger partial charge is 0.332 e. The first kappa shape index (κ1) is 11.4. The first-order chi connectivity index (χ1) is 6.55. The van der Waals surface area contributed by atoms with Crippen molar-refractivity contribution in [2.75, 3.05) is 6.61 Å². The van der Waals surface area contributed by atoms with Gasteiger partial charge in [0.15, 0.2) is 0 Å². The molecule has 0 aliphatic heterocycles. The van der Waals surface area contributed by atoms with Gasteiger partial charge < -0.3 is 9.42 Å². The summed E-state index contributed by atoms with van der Waals surface area (Å²) >= 11 is 0. The number of hydrogen-bond donors (Lipinski definition) is 1. The molecular weight excluding hydrogens is 199 g/mol. The third-order valence-corrected chi connectivity index (χ3v) is 3.36. The summed E-state index contributed by atoms with van der Waals surface area (Å²) in [7, 11) is -3.44. The summed E-state index contributed by atoms with van der Waals surface area (Å²) in [6.07, 6.45) is 0.0908. The van der Waals surface area contributed by atoms with Crippen LogP contribution >= 0.6 is 7.60 Å². The Balaban J connectivity index is 2.78. The molecule has 0 saturated carbocycles. The standard InChI is InChI=1S/C10H15O3P/c1-3-13-14(11,12)8-10-7-5-4-6-9(10)2/h4-7H,3,8H2,1-2H3,(H,11,12).